The maximum Gasteiger partial charge on any atom is 0.331 e. The zero-order chi connectivity index (χ0) is 26.2. The van der Waals surface area contributed by atoms with E-state index in [1.54, 1.807) is 0 Å². The Kier molecular flexibility index (Phi) is 11.0. The van der Waals surface area contributed by atoms with Gasteiger partial charge in [0, 0.05) is 26.2 Å². The third-order valence-electron chi connectivity index (χ3n) is 6.33. The molecule has 2 N–H and O–H groups in total. The lowest BCUT2D eigenvalue weighted by atomic mass is 9.90. The second kappa shape index (κ2) is 13.0. The third kappa shape index (κ3) is 8.74. The van der Waals surface area contributed by atoms with Crippen LogP contribution in [0.4, 0.5) is 0 Å². The van der Waals surface area contributed by atoms with Crippen molar-refractivity contribution in [2.75, 3.05) is 23.0 Å². The summed E-state index contributed by atoms with van der Waals surface area (Å²) in [5.74, 6) is 4.37. The fraction of sp³-hybridized carbons (Fsp3) is 0.760. The van der Waals surface area contributed by atoms with Gasteiger partial charge in [-0.2, -0.15) is 23.5 Å². The van der Waals surface area contributed by atoms with Gasteiger partial charge in [0.15, 0.2) is 0 Å². The fourth-order valence-electron chi connectivity index (χ4n) is 3.96. The van der Waals surface area contributed by atoms with Gasteiger partial charge in [0.25, 0.3) is 0 Å². The van der Waals surface area contributed by atoms with Crippen LogP contribution in [0.15, 0.2) is 22.0 Å². The zero-order valence-corrected chi connectivity index (χ0v) is 23.9. The standard InChI is InChI=1S/C25H44N4O4S2/c1-7-26-16-20(30)28(22(26)32)18-24(3,4)10-14-34-12-9-13-35-15-11-25(5,6)19-29-21(31)17-27(8-2)23(29)33/h16-17,30-31H,7-15,18-19H2,1-6H3. The Morgan fingerprint density at radius 2 is 1.09 bits per heavy atom. The number of aryl methyl sites for hydroxylation is 2. The quantitative estimate of drug-likeness (QED) is 0.313. The van der Waals surface area contributed by atoms with E-state index < -0.39 is 0 Å². The largest absolute Gasteiger partial charge is 0.493 e. The summed E-state index contributed by atoms with van der Waals surface area (Å²) in [5.41, 5.74) is -0.421. The van der Waals surface area contributed by atoms with Crippen LogP contribution in [0.25, 0.3) is 0 Å². The second-order valence-electron chi connectivity index (χ2n) is 10.7. The number of imidazole rings is 2. The molecule has 2 heterocycles. The minimum atomic E-state index is -0.144. The van der Waals surface area contributed by atoms with Gasteiger partial charge in [0.2, 0.25) is 11.8 Å². The van der Waals surface area contributed by atoms with Crippen LogP contribution in [-0.4, -0.2) is 51.5 Å². The van der Waals surface area contributed by atoms with Crippen LogP contribution >= 0.6 is 23.5 Å². The van der Waals surface area contributed by atoms with E-state index in [9.17, 15) is 19.8 Å². The summed E-state index contributed by atoms with van der Waals surface area (Å²) in [5, 5.41) is 20.2. The predicted molar refractivity (Wildman–Crippen MR) is 148 cm³/mol. The van der Waals surface area contributed by atoms with Crippen LogP contribution in [-0.2, 0) is 26.2 Å². The van der Waals surface area contributed by atoms with E-state index in [1.165, 1.54) is 30.7 Å². The van der Waals surface area contributed by atoms with Crippen LogP contribution in [0.2, 0.25) is 0 Å². The van der Waals surface area contributed by atoms with Crippen molar-refractivity contribution in [2.24, 2.45) is 10.8 Å². The molecule has 35 heavy (non-hydrogen) atoms. The van der Waals surface area contributed by atoms with Gasteiger partial charge in [-0.15, -0.1) is 0 Å². The Balaban J connectivity index is 1.62. The normalized spacial score (nSPS) is 12.5. The highest BCUT2D eigenvalue weighted by Crippen LogP contribution is 2.28. The molecule has 10 heteroatoms. The maximum absolute atomic E-state index is 12.3. The highest BCUT2D eigenvalue weighted by Gasteiger charge is 2.23. The van der Waals surface area contributed by atoms with Gasteiger partial charge in [0.1, 0.15) is 0 Å². The Morgan fingerprint density at radius 1 is 0.714 bits per heavy atom. The monoisotopic (exact) mass is 528 g/mol. The lowest BCUT2D eigenvalue weighted by Gasteiger charge is -2.25. The average molecular weight is 529 g/mol. The average Bonchev–Trinajstić information content (AvgIpc) is 3.21. The van der Waals surface area contributed by atoms with E-state index in [0.717, 1.165) is 42.3 Å². The molecule has 2 aromatic rings. The molecule has 0 unspecified atom stereocenters. The first kappa shape index (κ1) is 29.5. The van der Waals surface area contributed by atoms with Gasteiger partial charge in [-0.05, 0) is 67.0 Å². The van der Waals surface area contributed by atoms with E-state index in [-0.39, 0.29) is 34.0 Å². The number of nitrogens with zero attached hydrogens (tertiary/aromatic N) is 4. The molecule has 200 valence electrons. The van der Waals surface area contributed by atoms with Crippen molar-refractivity contribution in [3.8, 4) is 11.8 Å². The molecule has 0 atom stereocenters. The fourth-order valence-corrected chi connectivity index (χ4v) is 6.65. The molecule has 0 aliphatic carbocycles. The molecule has 0 spiro atoms. The highest BCUT2D eigenvalue weighted by molar-refractivity contribution is 8.00. The number of aromatic hydroxyl groups is 2. The molecule has 2 aromatic heterocycles. The first-order chi connectivity index (χ1) is 16.4. The van der Waals surface area contributed by atoms with Gasteiger partial charge in [-0.3, -0.25) is 18.3 Å². The first-order valence-electron chi connectivity index (χ1n) is 12.5. The van der Waals surface area contributed by atoms with Crippen molar-refractivity contribution in [3.63, 3.8) is 0 Å². The Bertz CT molecular complexity index is 967. The van der Waals surface area contributed by atoms with E-state index in [1.807, 2.05) is 37.4 Å². The summed E-state index contributed by atoms with van der Waals surface area (Å²) in [4.78, 5) is 24.7. The van der Waals surface area contributed by atoms with Gasteiger partial charge in [-0.25, -0.2) is 9.59 Å². The van der Waals surface area contributed by atoms with E-state index in [2.05, 4.69) is 27.7 Å². The van der Waals surface area contributed by atoms with Crippen LogP contribution in [0, 0.1) is 10.8 Å². The number of aromatic nitrogens is 4. The van der Waals surface area contributed by atoms with Gasteiger partial charge in [-0.1, -0.05) is 27.7 Å². The van der Waals surface area contributed by atoms with Crippen LogP contribution in [0.1, 0.15) is 60.8 Å². The van der Waals surface area contributed by atoms with Crippen molar-refractivity contribution >= 4 is 23.5 Å². The summed E-state index contributed by atoms with van der Waals surface area (Å²) in [6.45, 7) is 14.5. The highest BCUT2D eigenvalue weighted by atomic mass is 32.2. The topological polar surface area (TPSA) is 94.3 Å². The summed E-state index contributed by atoms with van der Waals surface area (Å²) < 4.78 is 6.02. The van der Waals surface area contributed by atoms with E-state index >= 15 is 0 Å². The van der Waals surface area contributed by atoms with Crippen molar-refractivity contribution in [2.45, 2.75) is 87.0 Å². The minimum Gasteiger partial charge on any atom is -0.493 e. The zero-order valence-electron chi connectivity index (χ0n) is 22.2. The SMILES string of the molecule is CCn1cc(O)n(CC(C)(C)CCSCCCSCCC(C)(C)Cn2c(O)cn(CC)c2=O)c1=O. The van der Waals surface area contributed by atoms with E-state index in [4.69, 9.17) is 0 Å². The predicted octanol–water partition coefficient (Wildman–Crippen LogP) is 4.45. The maximum atomic E-state index is 12.3. The van der Waals surface area contributed by atoms with Crippen molar-refractivity contribution in [1.82, 2.24) is 18.3 Å². The molecular weight excluding hydrogens is 484 g/mol. The minimum absolute atomic E-state index is 0.0426. The molecule has 0 aliphatic heterocycles. The molecule has 0 amide bonds. The molecule has 0 fully saturated rings. The molecule has 0 saturated heterocycles. The molecule has 0 aromatic carbocycles. The van der Waals surface area contributed by atoms with Gasteiger partial charge < -0.3 is 10.2 Å². The Labute approximate surface area is 217 Å². The number of rotatable bonds is 16. The molecule has 0 radical (unpaired) electrons. The summed E-state index contributed by atoms with van der Waals surface area (Å²) in [7, 11) is 0. The van der Waals surface area contributed by atoms with Gasteiger partial charge >= 0.3 is 11.4 Å². The Morgan fingerprint density at radius 3 is 1.40 bits per heavy atom. The van der Waals surface area contributed by atoms with Crippen LogP contribution in [0.5, 0.6) is 11.8 Å². The van der Waals surface area contributed by atoms with Gasteiger partial charge in [0.05, 0.1) is 12.4 Å². The summed E-state index contributed by atoms with van der Waals surface area (Å²) in [6, 6.07) is 0. The summed E-state index contributed by atoms with van der Waals surface area (Å²) in [6.07, 6.45) is 6.13. The van der Waals surface area contributed by atoms with Crippen molar-refractivity contribution < 1.29 is 10.2 Å². The lowest BCUT2D eigenvalue weighted by Crippen LogP contribution is -2.30. The number of hydrogen-bond acceptors (Lipinski definition) is 6. The van der Waals surface area contributed by atoms with Crippen LogP contribution < -0.4 is 11.4 Å². The summed E-state index contributed by atoms with van der Waals surface area (Å²) >= 11 is 3.89. The molecule has 0 saturated carbocycles. The smallest absolute Gasteiger partial charge is 0.331 e. The number of hydrogen-bond donors (Lipinski definition) is 2. The molecule has 0 bridgehead atoms. The molecule has 8 nitrogen and oxygen atoms in total. The third-order valence-corrected chi connectivity index (χ3v) is 8.47. The molecule has 0 aliphatic rings. The Hall–Kier alpha value is -1.68. The van der Waals surface area contributed by atoms with Crippen molar-refractivity contribution in [3.05, 3.63) is 33.4 Å². The van der Waals surface area contributed by atoms with Crippen molar-refractivity contribution in [1.29, 1.82) is 0 Å². The number of thioether (sulfide) groups is 2. The molecular formula is C25H44N4O4S2. The second-order valence-corrected chi connectivity index (χ2v) is 13.1. The first-order valence-corrected chi connectivity index (χ1v) is 14.8. The molecule has 2 rings (SSSR count). The van der Waals surface area contributed by atoms with E-state index in [0.29, 0.717) is 26.2 Å². The lowest BCUT2D eigenvalue weighted by molar-refractivity contribution is 0.272. The van der Waals surface area contributed by atoms with Crippen LogP contribution in [0.3, 0.4) is 0 Å².